The first kappa shape index (κ1) is 133. The fourth-order valence-corrected chi connectivity index (χ4v) is 1.25. The molecule has 0 atom stereocenters. The molecule has 184 valence electrons. The number of carboxylic acids is 1. The van der Waals surface area contributed by atoms with Gasteiger partial charge in [-0.2, -0.15) is 4.31 Å². The van der Waals surface area contributed by atoms with Gasteiger partial charge >= 0.3 is 92.7 Å². The Morgan fingerprint density at radius 3 is 0.786 bits per heavy atom. The van der Waals surface area contributed by atoms with Crippen molar-refractivity contribution in [3.8, 4) is 0 Å². The van der Waals surface area contributed by atoms with E-state index in [1.807, 2.05) is 0 Å². The summed E-state index contributed by atoms with van der Waals surface area (Å²) < 4.78 is 22.5. The Morgan fingerprint density at radius 1 is 0.679 bits per heavy atom. The van der Waals surface area contributed by atoms with Gasteiger partial charge in [0.1, 0.15) is 0 Å². The molecule has 0 aliphatic carbocycles. The van der Waals surface area contributed by atoms with E-state index in [0.29, 0.717) is 27.9 Å². The average Bonchev–Trinajstić information content (AvgIpc) is 1.80. The first-order valence-electron chi connectivity index (χ1n) is 3.00. The summed E-state index contributed by atoms with van der Waals surface area (Å²) in [5.41, 5.74) is 0. The molecule has 0 amide bonds. The maximum absolute atomic E-state index is 9.63. The van der Waals surface area contributed by atoms with E-state index < -0.39 is 21.6 Å². The Bertz CT molecular complexity index is 252. The number of hydrogen-bond donors (Lipinski definition) is 4. The van der Waals surface area contributed by atoms with Crippen molar-refractivity contribution in [2.75, 3.05) is 0 Å². The van der Waals surface area contributed by atoms with Crippen molar-refractivity contribution >= 4 is 49.5 Å². The van der Waals surface area contributed by atoms with E-state index in [1.54, 1.807) is 0 Å². The minimum absolute atomic E-state index is 0. The number of carbonyl (C=O) groups excluding carboxylic acids is 1. The maximum atomic E-state index is 9.63. The quantitative estimate of drug-likeness (QED) is 0.204. The van der Waals surface area contributed by atoms with Crippen molar-refractivity contribution < 1.29 is 144 Å². The Balaban J connectivity index is -0.00000000510. The van der Waals surface area contributed by atoms with Crippen LogP contribution in [0.1, 0.15) is 0 Å². The van der Waals surface area contributed by atoms with E-state index in [9.17, 15) is 19.0 Å². The van der Waals surface area contributed by atoms with Crippen LogP contribution in [0.3, 0.4) is 0 Å². The molecular weight excluding hydrogens is 484 g/mol. The van der Waals surface area contributed by atoms with Crippen molar-refractivity contribution in [1.82, 2.24) is 0 Å². The van der Waals surface area contributed by atoms with Crippen LogP contribution in [-0.4, -0.2) is 125 Å². The second-order valence-corrected chi connectivity index (χ2v) is 5.11. The Hall–Kier alpha value is 1.21. The summed E-state index contributed by atoms with van der Waals surface area (Å²) in [4.78, 5) is 40.3. The molecule has 0 spiro atoms. The van der Waals surface area contributed by atoms with Crippen LogP contribution >= 0.6 is 15.6 Å². The molecule has 0 radical (unpaired) electrons. The molecule has 0 fully saturated rings. The van der Waals surface area contributed by atoms with Gasteiger partial charge in [0.15, 0.2) is 0 Å². The number of rotatable bonds is 3. The van der Waals surface area contributed by atoms with Crippen LogP contribution in [0, 0.1) is 0 Å². The molecule has 0 saturated carbocycles. The zero-order chi connectivity index (χ0) is 12.0. The predicted octanol–water partition coefficient (Wildman–Crippen LogP) is -16.2. The van der Waals surface area contributed by atoms with Crippen LogP contribution in [-0.2, 0) is 18.2 Å². The summed E-state index contributed by atoms with van der Waals surface area (Å²) in [5.74, 6) is -0.934. The molecule has 0 rings (SSSR count). The molecule has 0 saturated heterocycles. The van der Waals surface area contributed by atoms with Crippen molar-refractivity contribution in [2.24, 2.45) is 0 Å². The normalized spacial score (nSPS) is 5.79. The molecule has 0 aromatic carbocycles. The fraction of sp³-hybridized carbons (Fsp3) is 0.500. The third kappa shape index (κ3) is 220. The molecule has 28 heavy (non-hydrogen) atoms. The molecule has 22 nitrogen and oxygen atoms in total. The third-order valence-electron chi connectivity index (χ3n) is 0.501. The SMILES string of the molecule is O.O.O.O.O.O.O.O.O.O.O.O.O.O=C([O-])[CH2][Na].O=P(O)(O)OP(=O)(O)O.[Na+]. The average molecular weight is 516 g/mol. The van der Waals surface area contributed by atoms with E-state index >= 15 is 0 Å². The number of aliphatic carboxylic acids is 1. The molecule has 0 aromatic heterocycles. The van der Waals surface area contributed by atoms with Crippen LogP contribution in [0.4, 0.5) is 0 Å². The first-order valence-corrected chi connectivity index (χ1v) is 7.47. The largest absolute Gasteiger partial charge is 1.00 e. The van der Waals surface area contributed by atoms with Gasteiger partial charge in [0.2, 0.25) is 0 Å². The summed E-state index contributed by atoms with van der Waals surface area (Å²) in [6.45, 7) is 0. The molecule has 0 aliphatic rings. The van der Waals surface area contributed by atoms with Crippen molar-refractivity contribution in [2.45, 2.75) is 3.67 Å². The second-order valence-electron chi connectivity index (χ2n) is 1.79. The van der Waals surface area contributed by atoms with Gasteiger partial charge in [0.25, 0.3) is 0 Å². The number of phosphoric acid groups is 2. The second kappa shape index (κ2) is 63.0. The van der Waals surface area contributed by atoms with E-state index in [1.165, 1.54) is 0 Å². The van der Waals surface area contributed by atoms with Crippen molar-refractivity contribution in [1.29, 1.82) is 0 Å². The fourth-order valence-electron chi connectivity index (χ4n) is 0.139. The zero-order valence-corrected chi connectivity index (χ0v) is 20.2. The summed E-state index contributed by atoms with van der Waals surface area (Å²) in [5, 5.41) is 9.29. The summed E-state index contributed by atoms with van der Waals surface area (Å²) >= 11 is 0.711. The van der Waals surface area contributed by atoms with Gasteiger partial charge in [0, 0.05) is 0 Å². The molecule has 26 heteroatoms. The van der Waals surface area contributed by atoms with Crippen molar-refractivity contribution in [3.05, 3.63) is 0 Å². The van der Waals surface area contributed by atoms with Gasteiger partial charge in [-0.25, -0.2) is 9.13 Å². The minimum atomic E-state index is -5.05. The van der Waals surface area contributed by atoms with Gasteiger partial charge in [-0.05, 0) is 0 Å². The Morgan fingerprint density at radius 2 is 0.786 bits per heavy atom. The molecule has 30 N–H and O–H groups in total. The summed E-state index contributed by atoms with van der Waals surface area (Å²) in [6, 6.07) is 0. The zero-order valence-electron chi connectivity index (χ0n) is 14.4. The van der Waals surface area contributed by atoms with E-state index in [0.717, 1.165) is 0 Å². The smallest absolute Gasteiger partial charge is 0.302 e. The summed E-state index contributed by atoms with van der Waals surface area (Å²) in [6.07, 6.45) is 0. The number of carboxylic acid groups (broad SMARTS) is 1. The van der Waals surface area contributed by atoms with Gasteiger partial charge in [0.05, 0.1) is 0 Å². The van der Waals surface area contributed by atoms with E-state index in [-0.39, 0.29) is 104 Å². The Labute approximate surface area is 196 Å². The number of hydrogen-bond acceptors (Lipinski definition) is 5. The Kier molecular flexibility index (Phi) is 300. The standard InChI is InChI=1S/C2H3O2.2Na.H4O7P2.13H2O/c1-2(3)4;;;1-8(2,3)7-9(4,5)6;;;;;;;;;;;;;/h1H2,(H,3,4);;;(H2,1,2,3)(H2,4,5,6);13*1H2/q;;+1;;;;;;;;;;;;;;/p-1. The molecule has 0 heterocycles. The van der Waals surface area contributed by atoms with Crippen LogP contribution < -0.4 is 34.7 Å². The molecule has 0 aromatic rings. The monoisotopic (exact) mass is 516 g/mol. The maximum Gasteiger partial charge on any atom is 1.00 e. The van der Waals surface area contributed by atoms with E-state index in [2.05, 4.69) is 4.31 Å². The molecule has 0 bridgehead atoms. The van der Waals surface area contributed by atoms with E-state index in [4.69, 9.17) is 19.6 Å². The molecule has 0 aliphatic heterocycles. The first-order chi connectivity index (χ1) is 5.98. The van der Waals surface area contributed by atoms with Crippen LogP contribution in [0.25, 0.3) is 0 Å². The van der Waals surface area contributed by atoms with Gasteiger partial charge in [-0.3, -0.25) is 0 Å². The van der Waals surface area contributed by atoms with Crippen LogP contribution in [0.15, 0.2) is 0 Å². The van der Waals surface area contributed by atoms with Crippen LogP contribution in [0.2, 0.25) is 3.67 Å². The molecular formula is C2H32Na2O22P2. The van der Waals surface area contributed by atoms with Crippen molar-refractivity contribution in [3.63, 3.8) is 0 Å². The van der Waals surface area contributed by atoms with Gasteiger partial charge in [-0.1, -0.05) is 0 Å². The topological polar surface area (TPSA) is 574 Å². The predicted molar refractivity (Wildman–Crippen MR) is 87.7 cm³/mol. The van der Waals surface area contributed by atoms with Gasteiger partial charge in [-0.15, -0.1) is 0 Å². The molecule has 0 unspecified atom stereocenters. The van der Waals surface area contributed by atoms with Gasteiger partial charge < -0.3 is 90.8 Å². The summed E-state index contributed by atoms with van der Waals surface area (Å²) in [7, 11) is -10.1. The third-order valence-corrected chi connectivity index (χ3v) is 2.78. The van der Waals surface area contributed by atoms with Crippen LogP contribution in [0.5, 0.6) is 0 Å². The minimum Gasteiger partial charge on any atom is -0.302 e. The number of carbonyl (C=O) groups is 1.